The molecule has 0 fully saturated rings. The Kier molecular flexibility index (Phi) is 2.14. The monoisotopic (exact) mass is 208 g/mol. The molecule has 0 aliphatic rings. The van der Waals surface area contributed by atoms with Crippen LogP contribution >= 0.6 is 0 Å². The van der Waals surface area contributed by atoms with E-state index in [0.29, 0.717) is 16.8 Å². The summed E-state index contributed by atoms with van der Waals surface area (Å²) in [6.45, 7) is 0. The molecule has 7 heteroatoms. The summed E-state index contributed by atoms with van der Waals surface area (Å²) in [5.41, 5.74) is 3.33. The van der Waals surface area contributed by atoms with Crippen molar-refractivity contribution in [3.05, 3.63) is 28.7 Å². The highest BCUT2D eigenvalue weighted by molar-refractivity contribution is 5.91. The number of fused-ring (bicyclic) bond motifs is 1. The van der Waals surface area contributed by atoms with E-state index in [1.165, 1.54) is 6.07 Å². The number of carbonyl (C=O) groups is 1. The summed E-state index contributed by atoms with van der Waals surface area (Å²) in [7, 11) is 0. The van der Waals surface area contributed by atoms with Crippen LogP contribution in [0.3, 0.4) is 0 Å². The molecule has 0 unspecified atom stereocenters. The molecule has 0 aliphatic heterocycles. The van der Waals surface area contributed by atoms with Crippen molar-refractivity contribution >= 4 is 22.8 Å². The Balaban J connectivity index is 2.38. The van der Waals surface area contributed by atoms with Gasteiger partial charge in [-0.3, -0.25) is 10.4 Å². The molecule has 0 spiro atoms. The van der Waals surface area contributed by atoms with Crippen LogP contribution in [0, 0.1) is 0 Å². The molecule has 0 aliphatic carbocycles. The maximum Gasteiger partial charge on any atom is 0.417 e. The van der Waals surface area contributed by atoms with E-state index in [1.807, 2.05) is 5.43 Å². The first-order chi connectivity index (χ1) is 7.19. The smallest absolute Gasteiger partial charge is 0.408 e. The lowest BCUT2D eigenvalue weighted by molar-refractivity contribution is 0.252. The average Bonchev–Trinajstić information content (AvgIpc) is 2.57. The minimum absolute atomic E-state index is 0.370. The molecule has 0 saturated carbocycles. The Morgan fingerprint density at radius 1 is 1.47 bits per heavy atom. The highest BCUT2D eigenvalue weighted by Crippen LogP contribution is 2.15. The van der Waals surface area contributed by atoms with Gasteiger partial charge in [0.2, 0.25) is 0 Å². The van der Waals surface area contributed by atoms with E-state index in [9.17, 15) is 9.59 Å². The summed E-state index contributed by atoms with van der Waals surface area (Å²) in [4.78, 5) is 24.2. The van der Waals surface area contributed by atoms with Crippen molar-refractivity contribution in [2.45, 2.75) is 0 Å². The van der Waals surface area contributed by atoms with Gasteiger partial charge >= 0.3 is 11.8 Å². The predicted octanol–water partition coefficient (Wildman–Crippen LogP) is 0.116. The predicted molar refractivity (Wildman–Crippen MR) is 53.2 cm³/mol. The molecule has 7 nitrogen and oxygen atoms in total. The number of nitrogens with one attached hydrogen (secondary N) is 3. The van der Waals surface area contributed by atoms with E-state index in [0.717, 1.165) is 0 Å². The lowest BCUT2D eigenvalue weighted by Gasteiger charge is -2.02. The second-order valence-electron chi connectivity index (χ2n) is 2.82. The fourth-order valence-electron chi connectivity index (χ4n) is 1.19. The van der Waals surface area contributed by atoms with E-state index in [1.54, 1.807) is 12.1 Å². The molecule has 1 aromatic carbocycles. The third kappa shape index (κ3) is 1.81. The van der Waals surface area contributed by atoms with Crippen molar-refractivity contribution in [1.82, 2.24) is 10.4 Å². The number of aromatic amines is 1. The maximum atomic E-state index is 10.9. The molecule has 1 aromatic heterocycles. The van der Waals surface area contributed by atoms with Crippen LogP contribution in [0.2, 0.25) is 0 Å². The van der Waals surface area contributed by atoms with E-state index in [4.69, 9.17) is 10.3 Å². The number of oxazole rings is 1. The normalized spacial score (nSPS) is 10.2. The van der Waals surface area contributed by atoms with Gasteiger partial charge in [-0.25, -0.2) is 15.4 Å². The molecule has 0 atom stereocenters. The van der Waals surface area contributed by atoms with Gasteiger partial charge in [0, 0.05) is 11.8 Å². The van der Waals surface area contributed by atoms with Gasteiger partial charge in [0.1, 0.15) is 0 Å². The van der Waals surface area contributed by atoms with Gasteiger partial charge in [-0.2, -0.15) is 0 Å². The molecule has 0 saturated heterocycles. The first-order valence-electron chi connectivity index (χ1n) is 4.09. The zero-order chi connectivity index (χ0) is 10.8. The minimum Gasteiger partial charge on any atom is -0.408 e. The second-order valence-corrected chi connectivity index (χ2v) is 2.82. The molecule has 0 radical (unpaired) electrons. The molecular weight excluding hydrogens is 200 g/mol. The number of carbonyl (C=O) groups excluding carboxylic acids is 1. The fourth-order valence-corrected chi connectivity index (χ4v) is 1.19. The number of aromatic nitrogens is 1. The van der Waals surface area contributed by atoms with Gasteiger partial charge in [-0.1, -0.05) is 0 Å². The quantitative estimate of drug-likeness (QED) is 0.302. The summed E-state index contributed by atoms with van der Waals surface area (Å²) in [5, 5.41) is 2.44. The topological polar surface area (TPSA) is 113 Å². The Hall–Kier alpha value is -2.28. The number of anilines is 1. The Morgan fingerprint density at radius 2 is 2.27 bits per heavy atom. The number of H-pyrrole nitrogens is 1. The van der Waals surface area contributed by atoms with Gasteiger partial charge in [0.05, 0.1) is 5.52 Å². The number of nitrogens with two attached hydrogens (primary N) is 1. The maximum absolute atomic E-state index is 10.9. The van der Waals surface area contributed by atoms with Crippen molar-refractivity contribution in [1.29, 1.82) is 0 Å². The van der Waals surface area contributed by atoms with Crippen molar-refractivity contribution in [2.75, 3.05) is 5.32 Å². The number of benzene rings is 1. The number of hydrogen-bond acceptors (Lipinski definition) is 4. The van der Waals surface area contributed by atoms with Crippen LogP contribution in [0.25, 0.3) is 11.1 Å². The van der Waals surface area contributed by atoms with Crippen molar-refractivity contribution < 1.29 is 9.21 Å². The minimum atomic E-state index is -0.549. The Labute approximate surface area is 83.2 Å². The molecule has 0 bridgehead atoms. The van der Waals surface area contributed by atoms with Gasteiger partial charge in [0.15, 0.2) is 5.58 Å². The lowest BCUT2D eigenvalue weighted by atomic mass is 10.3. The summed E-state index contributed by atoms with van der Waals surface area (Å²) in [6.07, 6.45) is 0. The summed E-state index contributed by atoms with van der Waals surface area (Å²) >= 11 is 0. The second kappa shape index (κ2) is 3.46. The number of hydrazine groups is 1. The highest BCUT2D eigenvalue weighted by atomic mass is 16.4. The number of hydrogen-bond donors (Lipinski definition) is 4. The molecule has 1 heterocycles. The van der Waals surface area contributed by atoms with Gasteiger partial charge in [-0.05, 0) is 12.1 Å². The SMILES string of the molecule is NNC(=O)Nc1ccc2[nH]c(=O)oc2c1. The summed E-state index contributed by atoms with van der Waals surface area (Å²) < 4.78 is 4.81. The van der Waals surface area contributed by atoms with Gasteiger partial charge in [0.25, 0.3) is 0 Å². The van der Waals surface area contributed by atoms with Crippen molar-refractivity contribution in [3.63, 3.8) is 0 Å². The third-order valence-corrected chi connectivity index (χ3v) is 1.81. The number of rotatable bonds is 1. The van der Waals surface area contributed by atoms with E-state index < -0.39 is 11.8 Å². The van der Waals surface area contributed by atoms with Gasteiger partial charge in [-0.15, -0.1) is 0 Å². The number of urea groups is 1. The first kappa shape index (κ1) is 9.28. The van der Waals surface area contributed by atoms with Crippen molar-refractivity contribution in [2.24, 2.45) is 5.84 Å². The van der Waals surface area contributed by atoms with Gasteiger partial charge < -0.3 is 9.73 Å². The average molecular weight is 208 g/mol. The molecular formula is C8H8N4O3. The van der Waals surface area contributed by atoms with E-state index in [2.05, 4.69) is 10.3 Å². The van der Waals surface area contributed by atoms with E-state index in [-0.39, 0.29) is 0 Å². The molecule has 78 valence electrons. The zero-order valence-electron chi connectivity index (χ0n) is 7.53. The van der Waals surface area contributed by atoms with Crippen molar-refractivity contribution in [3.8, 4) is 0 Å². The van der Waals surface area contributed by atoms with Crippen LogP contribution < -0.4 is 22.3 Å². The van der Waals surface area contributed by atoms with E-state index >= 15 is 0 Å². The molecule has 2 aromatic rings. The molecule has 15 heavy (non-hydrogen) atoms. The Morgan fingerprint density at radius 3 is 3.00 bits per heavy atom. The highest BCUT2D eigenvalue weighted by Gasteiger charge is 2.03. The standard InChI is InChI=1S/C8H8N4O3/c9-12-7(13)10-4-1-2-5-6(3-4)15-8(14)11-5/h1-3H,9H2,(H,11,14)(H2,10,12,13). The fraction of sp³-hybridized carbons (Fsp3) is 0. The number of amides is 2. The summed E-state index contributed by atoms with van der Waals surface area (Å²) in [6, 6.07) is 4.20. The van der Waals surface area contributed by atoms with Crippen LogP contribution in [-0.2, 0) is 0 Å². The first-order valence-corrected chi connectivity index (χ1v) is 4.09. The third-order valence-electron chi connectivity index (χ3n) is 1.81. The lowest BCUT2D eigenvalue weighted by Crippen LogP contribution is -2.34. The Bertz CT molecular complexity index is 556. The molecule has 2 amide bonds. The summed E-state index contributed by atoms with van der Waals surface area (Å²) in [5.74, 6) is 4.36. The zero-order valence-corrected chi connectivity index (χ0v) is 7.53. The van der Waals surface area contributed by atoms with Crippen LogP contribution in [0.5, 0.6) is 0 Å². The van der Waals surface area contributed by atoms with Crippen LogP contribution in [-0.4, -0.2) is 11.0 Å². The van der Waals surface area contributed by atoms with Crippen LogP contribution in [0.4, 0.5) is 10.5 Å². The molecule has 2 rings (SSSR count). The van der Waals surface area contributed by atoms with Crippen LogP contribution in [0.1, 0.15) is 0 Å². The van der Waals surface area contributed by atoms with Crippen LogP contribution in [0.15, 0.2) is 27.4 Å². The molecule has 5 N–H and O–H groups in total. The largest absolute Gasteiger partial charge is 0.417 e.